The van der Waals surface area contributed by atoms with Crippen LogP contribution in [0, 0.1) is 18.3 Å². The van der Waals surface area contributed by atoms with Gasteiger partial charge >= 0.3 is 0 Å². The molecule has 2 aliphatic carbocycles. The molecular formula is C27H35N3O3. The molecule has 1 spiro atoms. The number of amides is 1. The molecule has 0 radical (unpaired) electrons. The molecule has 2 saturated heterocycles. The first-order valence-corrected chi connectivity index (χ1v) is 12.6. The van der Waals surface area contributed by atoms with Gasteiger partial charge in [0.2, 0.25) is 5.91 Å². The number of aryl methyl sites for hydroxylation is 1. The minimum absolute atomic E-state index is 0.130. The fourth-order valence-corrected chi connectivity index (χ4v) is 6.47. The highest BCUT2D eigenvalue weighted by Crippen LogP contribution is 2.63. The Bertz CT molecular complexity index is 1080. The Kier molecular flexibility index (Phi) is 5.05. The van der Waals surface area contributed by atoms with Crippen LogP contribution in [0.25, 0.3) is 10.8 Å². The van der Waals surface area contributed by atoms with Crippen LogP contribution in [0.3, 0.4) is 0 Å². The van der Waals surface area contributed by atoms with Gasteiger partial charge in [-0.2, -0.15) is 0 Å². The number of aromatic nitrogens is 1. The van der Waals surface area contributed by atoms with E-state index < -0.39 is 6.10 Å². The molecule has 176 valence electrons. The lowest BCUT2D eigenvalue weighted by Gasteiger charge is -2.44. The van der Waals surface area contributed by atoms with Crippen molar-refractivity contribution in [2.75, 3.05) is 31.6 Å². The van der Waals surface area contributed by atoms with E-state index in [1.807, 2.05) is 12.3 Å². The average Bonchev–Trinajstić information content (AvgIpc) is 3.52. The Morgan fingerprint density at radius 2 is 1.94 bits per heavy atom. The second kappa shape index (κ2) is 7.76. The lowest BCUT2D eigenvalue weighted by Crippen LogP contribution is -2.56. The Hall–Kier alpha value is -2.02. The highest BCUT2D eigenvalue weighted by Gasteiger charge is 2.55. The van der Waals surface area contributed by atoms with Gasteiger partial charge in [0, 0.05) is 17.5 Å². The van der Waals surface area contributed by atoms with Gasteiger partial charge < -0.3 is 15.2 Å². The van der Waals surface area contributed by atoms with E-state index in [0.717, 1.165) is 49.5 Å². The maximum atomic E-state index is 12.6. The smallest absolute Gasteiger partial charge is 0.228 e. The van der Waals surface area contributed by atoms with E-state index in [2.05, 4.69) is 41.2 Å². The molecule has 2 aliphatic heterocycles. The first-order valence-electron chi connectivity index (χ1n) is 12.6. The fraction of sp³-hybridized carbons (Fsp3) is 0.630. The summed E-state index contributed by atoms with van der Waals surface area (Å²) in [6, 6.07) is 6.57. The number of aliphatic hydroxyl groups is 1. The average molecular weight is 450 g/mol. The van der Waals surface area contributed by atoms with Gasteiger partial charge in [0.05, 0.1) is 24.9 Å². The highest BCUT2D eigenvalue weighted by molar-refractivity contribution is 5.95. The molecule has 2 atom stereocenters. The van der Waals surface area contributed by atoms with E-state index in [4.69, 9.17) is 4.74 Å². The number of rotatable bonds is 4. The number of hydrogen-bond donors (Lipinski definition) is 2. The summed E-state index contributed by atoms with van der Waals surface area (Å²) >= 11 is 0. The molecular weight excluding hydrogens is 414 g/mol. The lowest BCUT2D eigenvalue weighted by molar-refractivity contribution is -0.124. The summed E-state index contributed by atoms with van der Waals surface area (Å²) in [4.78, 5) is 19.6. The first-order chi connectivity index (χ1) is 15.9. The van der Waals surface area contributed by atoms with Crippen LogP contribution in [0.4, 0.5) is 5.82 Å². The van der Waals surface area contributed by atoms with Crippen molar-refractivity contribution in [3.05, 3.63) is 35.5 Å². The summed E-state index contributed by atoms with van der Waals surface area (Å²) in [7, 11) is 0. The number of likely N-dealkylation sites (tertiary alicyclic amines) is 1. The Morgan fingerprint density at radius 3 is 2.61 bits per heavy atom. The maximum Gasteiger partial charge on any atom is 0.228 e. The standard InChI is InChI=1S/C27H35N3O3/c1-17-9-20-14-28-24(29-25(32)21-12-27(13-21)5-6-27)11-19(20)10-22(17)18-3-7-30(8-4-18)26(2)16-33-15-23(26)31/h9-11,14,18,21,23,31H,3-8,12-13,15-16H2,1-2H3,(H,28,29,32)/t23-,26+/m0/s1. The van der Waals surface area contributed by atoms with Crippen LogP contribution in [0.1, 0.15) is 62.5 Å². The molecule has 0 bridgehead atoms. The second-order valence-electron chi connectivity index (χ2n) is 11.4. The van der Waals surface area contributed by atoms with Gasteiger partial charge in [-0.3, -0.25) is 9.69 Å². The van der Waals surface area contributed by atoms with Crippen LogP contribution in [0.5, 0.6) is 0 Å². The molecule has 1 aromatic heterocycles. The monoisotopic (exact) mass is 449 g/mol. The Balaban J connectivity index is 1.16. The van der Waals surface area contributed by atoms with E-state index in [0.29, 0.717) is 30.4 Å². The predicted molar refractivity (Wildman–Crippen MR) is 128 cm³/mol. The second-order valence-corrected chi connectivity index (χ2v) is 11.4. The number of fused-ring (bicyclic) bond motifs is 1. The highest BCUT2D eigenvalue weighted by atomic mass is 16.5. The fourth-order valence-electron chi connectivity index (χ4n) is 6.47. The number of ether oxygens (including phenoxy) is 1. The van der Waals surface area contributed by atoms with Gasteiger partial charge in [0.1, 0.15) is 5.82 Å². The van der Waals surface area contributed by atoms with Gasteiger partial charge in [0.15, 0.2) is 0 Å². The van der Waals surface area contributed by atoms with Crippen molar-refractivity contribution in [1.82, 2.24) is 9.88 Å². The molecule has 2 N–H and O–H groups in total. The third kappa shape index (κ3) is 3.76. The molecule has 0 unspecified atom stereocenters. The van der Waals surface area contributed by atoms with Gasteiger partial charge in [-0.05, 0) is 105 Å². The van der Waals surface area contributed by atoms with Crippen molar-refractivity contribution in [2.24, 2.45) is 11.3 Å². The zero-order valence-corrected chi connectivity index (χ0v) is 19.8. The van der Waals surface area contributed by atoms with Crippen LogP contribution in [0.2, 0.25) is 0 Å². The zero-order valence-electron chi connectivity index (χ0n) is 19.8. The Morgan fingerprint density at radius 1 is 1.18 bits per heavy atom. The molecule has 1 aromatic carbocycles. The summed E-state index contributed by atoms with van der Waals surface area (Å²) < 4.78 is 5.55. The largest absolute Gasteiger partial charge is 0.389 e. The molecule has 6 heteroatoms. The van der Waals surface area contributed by atoms with Gasteiger partial charge in [0.25, 0.3) is 0 Å². The van der Waals surface area contributed by atoms with Crippen molar-refractivity contribution in [1.29, 1.82) is 0 Å². The minimum atomic E-state index is -0.410. The molecule has 2 aromatic rings. The molecule has 1 amide bonds. The number of anilines is 1. The quantitative estimate of drug-likeness (QED) is 0.738. The number of piperidine rings is 1. The predicted octanol–water partition coefficient (Wildman–Crippen LogP) is 4.00. The molecule has 33 heavy (non-hydrogen) atoms. The van der Waals surface area contributed by atoms with Gasteiger partial charge in [-0.25, -0.2) is 4.98 Å². The molecule has 4 fully saturated rings. The molecule has 2 saturated carbocycles. The third-order valence-electron chi connectivity index (χ3n) is 9.09. The van der Waals surface area contributed by atoms with Gasteiger partial charge in [-0.15, -0.1) is 0 Å². The first kappa shape index (κ1) is 21.5. The van der Waals surface area contributed by atoms with E-state index in [1.165, 1.54) is 24.0 Å². The lowest BCUT2D eigenvalue weighted by atomic mass is 9.71. The number of nitrogens with one attached hydrogen (secondary N) is 1. The Labute approximate surface area is 195 Å². The van der Waals surface area contributed by atoms with E-state index in [1.54, 1.807) is 0 Å². The van der Waals surface area contributed by atoms with Crippen LogP contribution in [0.15, 0.2) is 24.4 Å². The van der Waals surface area contributed by atoms with Crippen LogP contribution < -0.4 is 5.32 Å². The number of carbonyl (C=O) groups excluding carboxylic acids is 1. The molecule has 3 heterocycles. The number of pyridine rings is 1. The summed E-state index contributed by atoms with van der Waals surface area (Å²) in [6.07, 6.45) is 8.34. The topological polar surface area (TPSA) is 74.7 Å². The summed E-state index contributed by atoms with van der Waals surface area (Å²) in [5.41, 5.74) is 2.97. The van der Waals surface area contributed by atoms with Crippen molar-refractivity contribution in [3.63, 3.8) is 0 Å². The number of aliphatic hydroxyl groups excluding tert-OH is 1. The van der Waals surface area contributed by atoms with Crippen LogP contribution in [-0.2, 0) is 9.53 Å². The number of hydrogen-bond acceptors (Lipinski definition) is 5. The third-order valence-corrected chi connectivity index (χ3v) is 9.09. The number of carbonyl (C=O) groups is 1. The number of benzene rings is 1. The van der Waals surface area contributed by atoms with Crippen LogP contribution in [-0.4, -0.2) is 58.8 Å². The summed E-state index contributed by atoms with van der Waals surface area (Å²) in [6.45, 7) is 7.31. The van der Waals surface area contributed by atoms with Crippen molar-refractivity contribution in [2.45, 2.75) is 69.9 Å². The normalized spacial score (nSPS) is 30.0. The molecule has 6 rings (SSSR count). The van der Waals surface area contributed by atoms with Crippen molar-refractivity contribution >= 4 is 22.5 Å². The maximum absolute atomic E-state index is 12.6. The minimum Gasteiger partial charge on any atom is -0.389 e. The van der Waals surface area contributed by atoms with Gasteiger partial charge in [-0.1, -0.05) is 6.07 Å². The van der Waals surface area contributed by atoms with Crippen molar-refractivity contribution in [3.8, 4) is 0 Å². The number of nitrogens with zero attached hydrogens (tertiary/aromatic N) is 2. The summed E-state index contributed by atoms with van der Waals surface area (Å²) in [5.74, 6) is 1.46. The van der Waals surface area contributed by atoms with E-state index in [9.17, 15) is 9.90 Å². The molecule has 6 nitrogen and oxygen atoms in total. The van der Waals surface area contributed by atoms with E-state index in [-0.39, 0.29) is 17.4 Å². The molecule has 4 aliphatic rings. The summed E-state index contributed by atoms with van der Waals surface area (Å²) in [5, 5.41) is 15.7. The zero-order chi connectivity index (χ0) is 22.8. The van der Waals surface area contributed by atoms with Crippen molar-refractivity contribution < 1.29 is 14.6 Å². The van der Waals surface area contributed by atoms with E-state index >= 15 is 0 Å². The van der Waals surface area contributed by atoms with Crippen LogP contribution >= 0.6 is 0 Å². The SMILES string of the molecule is Cc1cc2cnc(NC(=O)C3CC4(CC4)C3)cc2cc1C1CCN([C@]2(C)COC[C@@H]2O)CC1.